The van der Waals surface area contributed by atoms with Crippen LogP contribution in [0.15, 0.2) is 59.8 Å². The lowest BCUT2D eigenvalue weighted by molar-refractivity contribution is -0.140. The monoisotopic (exact) mass is 434 g/mol. The number of imide groups is 1. The quantitative estimate of drug-likeness (QED) is 0.622. The van der Waals surface area contributed by atoms with Gasteiger partial charge in [0, 0.05) is 12.0 Å². The van der Waals surface area contributed by atoms with Gasteiger partial charge in [0.1, 0.15) is 5.60 Å². The summed E-state index contributed by atoms with van der Waals surface area (Å²) in [5, 5.41) is 4.24. The maximum absolute atomic E-state index is 13.4. The molecule has 4 rings (SSSR count). The first-order valence-electron chi connectivity index (χ1n) is 11.3. The fourth-order valence-electron chi connectivity index (χ4n) is 4.41. The molecule has 0 aliphatic carbocycles. The van der Waals surface area contributed by atoms with Crippen molar-refractivity contribution >= 4 is 17.7 Å². The van der Waals surface area contributed by atoms with Gasteiger partial charge in [0.25, 0.3) is 5.91 Å². The number of rotatable bonds is 7. The van der Waals surface area contributed by atoms with Crippen molar-refractivity contribution in [3.8, 4) is 0 Å². The number of benzene rings is 2. The van der Waals surface area contributed by atoms with E-state index in [1.54, 1.807) is 0 Å². The smallest absolute Gasteiger partial charge is 0.417 e. The van der Waals surface area contributed by atoms with E-state index in [1.165, 1.54) is 10.5 Å². The number of carbonyl (C=O) groups is 2. The van der Waals surface area contributed by atoms with Crippen LogP contribution in [0, 0.1) is 0 Å². The Hall–Kier alpha value is -3.15. The van der Waals surface area contributed by atoms with E-state index in [0.717, 1.165) is 36.1 Å². The molecule has 2 aromatic carbocycles. The number of oxime groups is 1. The summed E-state index contributed by atoms with van der Waals surface area (Å²) in [4.78, 5) is 32.9. The third kappa shape index (κ3) is 4.40. The molecule has 0 aromatic heterocycles. The molecule has 2 aliphatic rings. The van der Waals surface area contributed by atoms with Gasteiger partial charge in [-0.25, -0.2) is 9.69 Å². The van der Waals surface area contributed by atoms with Gasteiger partial charge in [-0.05, 0) is 44.2 Å². The van der Waals surface area contributed by atoms with E-state index >= 15 is 0 Å². The Morgan fingerprint density at radius 2 is 1.84 bits per heavy atom. The van der Waals surface area contributed by atoms with Crippen LogP contribution in [0.5, 0.6) is 0 Å². The molecule has 0 radical (unpaired) electrons. The fraction of sp³-hybridized carbons (Fsp3) is 0.423. The van der Waals surface area contributed by atoms with Gasteiger partial charge in [0.2, 0.25) is 6.10 Å². The zero-order valence-corrected chi connectivity index (χ0v) is 18.9. The number of unbranched alkanes of at least 4 members (excludes halogenated alkanes) is 1. The van der Waals surface area contributed by atoms with Crippen molar-refractivity contribution < 1.29 is 19.2 Å². The normalized spacial score (nSPS) is 21.8. The van der Waals surface area contributed by atoms with Gasteiger partial charge < -0.3 is 9.57 Å². The van der Waals surface area contributed by atoms with Crippen molar-refractivity contribution in [2.24, 2.45) is 5.16 Å². The molecule has 0 spiro atoms. The summed E-state index contributed by atoms with van der Waals surface area (Å²) in [6, 6.07) is 17.5. The second-order valence-corrected chi connectivity index (χ2v) is 8.98. The minimum atomic E-state index is -0.830. The Labute approximate surface area is 189 Å². The molecule has 32 heavy (non-hydrogen) atoms. The number of hydrogen-bond donors (Lipinski definition) is 0. The molecule has 2 aromatic rings. The van der Waals surface area contributed by atoms with E-state index in [1.807, 2.05) is 62.4 Å². The Balaban J connectivity index is 1.51. The molecular weight excluding hydrogens is 404 g/mol. The van der Waals surface area contributed by atoms with Gasteiger partial charge in [0.05, 0.1) is 11.8 Å². The number of amides is 2. The summed E-state index contributed by atoms with van der Waals surface area (Å²) in [5.74, 6) is -0.397. The highest BCUT2D eigenvalue weighted by molar-refractivity contribution is 6.06. The predicted octanol–water partition coefficient (Wildman–Crippen LogP) is 4.89. The van der Waals surface area contributed by atoms with Crippen LogP contribution in [0.25, 0.3) is 0 Å². The number of ether oxygens (including phenoxy) is 1. The Bertz CT molecular complexity index is 1020. The minimum Gasteiger partial charge on any atom is -0.441 e. The molecule has 6 nitrogen and oxygen atoms in total. The standard InChI is InChI=1S/C26H30N2O4/c1-4-5-13-19-14-9-10-15-20(19)21-17-22(32-27-21)24(29)28-23(26(2,3)31-25(28)30)16-18-11-7-6-8-12-18/h6-12,14-15,22-23H,4-5,13,16-17H2,1-3H3/t22-,23-/m0/s1. The maximum atomic E-state index is 13.4. The average Bonchev–Trinajstić information content (AvgIpc) is 3.35. The summed E-state index contributed by atoms with van der Waals surface area (Å²) in [6.07, 6.45) is 2.55. The summed E-state index contributed by atoms with van der Waals surface area (Å²) in [7, 11) is 0. The van der Waals surface area contributed by atoms with Crippen molar-refractivity contribution in [2.45, 2.75) is 70.6 Å². The van der Waals surface area contributed by atoms with Crippen LogP contribution in [0.3, 0.4) is 0 Å². The zero-order valence-electron chi connectivity index (χ0n) is 18.9. The lowest BCUT2D eigenvalue weighted by atomic mass is 9.91. The molecule has 2 aliphatic heterocycles. The highest BCUT2D eigenvalue weighted by atomic mass is 16.6. The molecule has 0 bridgehead atoms. The van der Waals surface area contributed by atoms with E-state index in [9.17, 15) is 9.59 Å². The van der Waals surface area contributed by atoms with Gasteiger partial charge >= 0.3 is 6.09 Å². The second kappa shape index (κ2) is 9.15. The van der Waals surface area contributed by atoms with E-state index < -0.39 is 29.7 Å². The topological polar surface area (TPSA) is 68.2 Å². The molecule has 0 N–H and O–H groups in total. The van der Waals surface area contributed by atoms with Crippen LogP contribution in [-0.2, 0) is 27.2 Å². The van der Waals surface area contributed by atoms with Crippen LogP contribution >= 0.6 is 0 Å². The van der Waals surface area contributed by atoms with Crippen LogP contribution in [-0.4, -0.2) is 40.4 Å². The molecule has 1 saturated heterocycles. The summed E-state index contributed by atoms with van der Waals surface area (Å²) < 4.78 is 5.57. The Kier molecular flexibility index (Phi) is 6.31. The average molecular weight is 435 g/mol. The van der Waals surface area contributed by atoms with E-state index in [0.29, 0.717) is 12.8 Å². The number of cyclic esters (lactones) is 1. The molecular formula is C26H30N2O4. The van der Waals surface area contributed by atoms with Crippen molar-refractivity contribution in [3.63, 3.8) is 0 Å². The number of aryl methyl sites for hydroxylation is 1. The van der Waals surface area contributed by atoms with Crippen LogP contribution in [0.4, 0.5) is 4.79 Å². The summed E-state index contributed by atoms with van der Waals surface area (Å²) in [6.45, 7) is 5.84. The van der Waals surface area contributed by atoms with Gasteiger partial charge in [-0.15, -0.1) is 0 Å². The highest BCUT2D eigenvalue weighted by Crippen LogP contribution is 2.34. The lowest BCUT2D eigenvalue weighted by Crippen LogP contribution is -2.49. The van der Waals surface area contributed by atoms with Gasteiger partial charge in [-0.3, -0.25) is 4.79 Å². The summed E-state index contributed by atoms with van der Waals surface area (Å²) in [5.41, 5.74) is 3.21. The first-order valence-corrected chi connectivity index (χ1v) is 11.3. The first kappa shape index (κ1) is 22.1. The van der Waals surface area contributed by atoms with Crippen molar-refractivity contribution in [2.75, 3.05) is 0 Å². The van der Waals surface area contributed by atoms with E-state index in [-0.39, 0.29) is 0 Å². The molecule has 6 heteroatoms. The van der Waals surface area contributed by atoms with Crippen LogP contribution < -0.4 is 0 Å². The predicted molar refractivity (Wildman–Crippen MR) is 122 cm³/mol. The number of hydrogen-bond acceptors (Lipinski definition) is 5. The van der Waals surface area contributed by atoms with E-state index in [2.05, 4.69) is 18.1 Å². The first-order chi connectivity index (χ1) is 15.4. The molecule has 1 fully saturated rings. The SMILES string of the molecule is CCCCc1ccccc1C1=NO[C@H](C(=O)N2C(=O)OC(C)(C)[C@@H]2Cc2ccccc2)C1. The fourth-order valence-corrected chi connectivity index (χ4v) is 4.41. The van der Waals surface area contributed by atoms with Gasteiger partial charge in [0.15, 0.2) is 0 Å². The summed E-state index contributed by atoms with van der Waals surface area (Å²) >= 11 is 0. The minimum absolute atomic E-state index is 0.338. The van der Waals surface area contributed by atoms with Crippen LogP contribution in [0.2, 0.25) is 0 Å². The molecule has 2 amide bonds. The molecule has 0 saturated carbocycles. The second-order valence-electron chi connectivity index (χ2n) is 8.98. The lowest BCUT2D eigenvalue weighted by Gasteiger charge is -2.28. The van der Waals surface area contributed by atoms with E-state index in [4.69, 9.17) is 9.57 Å². The molecule has 2 atom stereocenters. The molecule has 0 unspecified atom stereocenters. The number of nitrogens with zero attached hydrogens (tertiary/aromatic N) is 2. The van der Waals surface area contributed by atoms with Crippen molar-refractivity contribution in [3.05, 3.63) is 71.3 Å². The molecule has 2 heterocycles. The Morgan fingerprint density at radius 1 is 1.12 bits per heavy atom. The maximum Gasteiger partial charge on any atom is 0.417 e. The zero-order chi connectivity index (χ0) is 22.7. The van der Waals surface area contributed by atoms with Crippen molar-refractivity contribution in [1.29, 1.82) is 0 Å². The highest BCUT2D eigenvalue weighted by Gasteiger charge is 2.52. The van der Waals surface area contributed by atoms with Gasteiger partial charge in [-0.2, -0.15) is 0 Å². The largest absolute Gasteiger partial charge is 0.441 e. The van der Waals surface area contributed by atoms with Gasteiger partial charge in [-0.1, -0.05) is 73.1 Å². The molecule has 168 valence electrons. The van der Waals surface area contributed by atoms with Crippen molar-refractivity contribution in [1.82, 2.24) is 4.90 Å². The Morgan fingerprint density at radius 3 is 2.59 bits per heavy atom. The third-order valence-corrected chi connectivity index (χ3v) is 6.24. The number of carbonyl (C=O) groups excluding carboxylic acids is 2. The van der Waals surface area contributed by atoms with Crippen LogP contribution in [0.1, 0.15) is 56.7 Å². The third-order valence-electron chi connectivity index (χ3n) is 6.24.